The molecule has 2 rings (SSSR count). The van der Waals surface area contributed by atoms with Crippen LogP contribution in [0.3, 0.4) is 0 Å². The van der Waals surface area contributed by atoms with Crippen molar-refractivity contribution in [1.29, 1.82) is 0 Å². The van der Waals surface area contributed by atoms with Gasteiger partial charge in [-0.15, -0.1) is 0 Å². The van der Waals surface area contributed by atoms with E-state index in [2.05, 4.69) is 19.2 Å². The van der Waals surface area contributed by atoms with Crippen LogP contribution in [-0.2, 0) is 0 Å². The fourth-order valence-electron chi connectivity index (χ4n) is 2.65. The minimum Gasteiger partial charge on any atom is -0.366 e. The molecule has 1 fully saturated rings. The van der Waals surface area contributed by atoms with Gasteiger partial charge in [0.1, 0.15) is 0 Å². The zero-order chi connectivity index (χ0) is 14.0. The predicted octanol–water partition coefficient (Wildman–Crippen LogP) is 3.07. The van der Waals surface area contributed by atoms with E-state index in [4.69, 9.17) is 0 Å². The van der Waals surface area contributed by atoms with Crippen LogP contribution in [0.15, 0.2) is 12.1 Å². The molecule has 1 N–H and O–H groups in total. The second-order valence-electron chi connectivity index (χ2n) is 5.03. The molecule has 0 aliphatic carbocycles. The average molecular weight is 272 g/mol. The maximum atomic E-state index is 13.8. The molecule has 0 saturated carbocycles. The van der Waals surface area contributed by atoms with Crippen molar-refractivity contribution in [2.45, 2.75) is 32.2 Å². The van der Waals surface area contributed by atoms with Gasteiger partial charge in [0.05, 0.1) is 5.69 Å². The maximum Gasteiger partial charge on any atom is 0.196 e. The summed E-state index contributed by atoms with van der Waals surface area (Å²) in [5.41, 5.74) is 0.0573. The summed E-state index contributed by atoms with van der Waals surface area (Å²) < 4.78 is 40.1. The number of benzene rings is 1. The monoisotopic (exact) mass is 272 g/mol. The third-order valence-electron chi connectivity index (χ3n) is 4.08. The minimum absolute atomic E-state index is 0.0877. The lowest BCUT2D eigenvalue weighted by molar-refractivity contribution is 0.275. The summed E-state index contributed by atoms with van der Waals surface area (Å²) in [5.74, 6) is -3.63. The highest BCUT2D eigenvalue weighted by Crippen LogP contribution is 2.28. The minimum atomic E-state index is -1.39. The van der Waals surface area contributed by atoms with Crippen molar-refractivity contribution < 1.29 is 13.2 Å². The molecule has 0 bridgehead atoms. The Hall–Kier alpha value is -1.23. The smallest absolute Gasteiger partial charge is 0.196 e. The summed E-state index contributed by atoms with van der Waals surface area (Å²) in [6, 6.07) is 2.30. The lowest BCUT2D eigenvalue weighted by Gasteiger charge is -2.44. The average Bonchev–Trinajstić information content (AvgIpc) is 2.45. The van der Waals surface area contributed by atoms with Gasteiger partial charge in [-0.3, -0.25) is 0 Å². The molecule has 1 aromatic rings. The van der Waals surface area contributed by atoms with Crippen molar-refractivity contribution in [3.63, 3.8) is 0 Å². The Morgan fingerprint density at radius 1 is 1.16 bits per heavy atom. The van der Waals surface area contributed by atoms with Crippen molar-refractivity contribution in [1.82, 2.24) is 5.32 Å². The lowest BCUT2D eigenvalue weighted by Crippen LogP contribution is -2.60. The number of piperazine rings is 1. The van der Waals surface area contributed by atoms with E-state index < -0.39 is 17.5 Å². The third kappa shape index (κ3) is 2.56. The van der Waals surface area contributed by atoms with E-state index in [9.17, 15) is 13.2 Å². The van der Waals surface area contributed by atoms with E-state index in [1.165, 1.54) is 6.07 Å². The number of hydrogen-bond donors (Lipinski definition) is 1. The Morgan fingerprint density at radius 2 is 1.84 bits per heavy atom. The molecular formula is C14H19F3N2. The number of halogens is 3. The van der Waals surface area contributed by atoms with E-state index in [0.29, 0.717) is 19.6 Å². The third-order valence-corrected chi connectivity index (χ3v) is 4.08. The highest BCUT2D eigenvalue weighted by atomic mass is 19.2. The van der Waals surface area contributed by atoms with Crippen LogP contribution in [0.25, 0.3) is 0 Å². The van der Waals surface area contributed by atoms with Gasteiger partial charge in [0, 0.05) is 25.2 Å². The first-order chi connectivity index (χ1) is 9.03. The molecule has 0 radical (unpaired) electrons. The van der Waals surface area contributed by atoms with Crippen molar-refractivity contribution in [2.75, 3.05) is 24.5 Å². The van der Waals surface area contributed by atoms with Crippen LogP contribution >= 0.6 is 0 Å². The summed E-state index contributed by atoms with van der Waals surface area (Å²) in [7, 11) is 0. The summed E-state index contributed by atoms with van der Waals surface area (Å²) >= 11 is 0. The highest BCUT2D eigenvalue weighted by molar-refractivity contribution is 5.49. The van der Waals surface area contributed by atoms with Gasteiger partial charge in [-0.25, -0.2) is 13.2 Å². The second kappa shape index (κ2) is 5.41. The topological polar surface area (TPSA) is 15.3 Å². The van der Waals surface area contributed by atoms with E-state index in [1.807, 2.05) is 0 Å². The molecule has 0 spiro atoms. The lowest BCUT2D eigenvalue weighted by atomic mass is 9.90. The number of nitrogens with one attached hydrogen (secondary N) is 1. The van der Waals surface area contributed by atoms with E-state index in [-0.39, 0.29) is 11.2 Å². The van der Waals surface area contributed by atoms with Crippen molar-refractivity contribution in [2.24, 2.45) is 0 Å². The molecular weight excluding hydrogens is 253 g/mol. The van der Waals surface area contributed by atoms with Crippen molar-refractivity contribution in [3.05, 3.63) is 29.6 Å². The molecule has 1 aromatic carbocycles. The molecule has 1 aliphatic rings. The van der Waals surface area contributed by atoms with Crippen LogP contribution in [0.4, 0.5) is 18.9 Å². The van der Waals surface area contributed by atoms with Gasteiger partial charge >= 0.3 is 0 Å². The Bertz CT molecular complexity index is 458. The second-order valence-corrected chi connectivity index (χ2v) is 5.03. The van der Waals surface area contributed by atoms with Gasteiger partial charge in [0.25, 0.3) is 0 Å². The highest BCUT2D eigenvalue weighted by Gasteiger charge is 2.33. The Kier molecular flexibility index (Phi) is 4.04. The first-order valence-electron chi connectivity index (χ1n) is 6.66. The largest absolute Gasteiger partial charge is 0.366 e. The molecule has 0 amide bonds. The summed E-state index contributed by atoms with van der Waals surface area (Å²) in [5, 5.41) is 3.45. The van der Waals surface area contributed by atoms with Crippen molar-refractivity contribution >= 4 is 5.69 Å². The first kappa shape index (κ1) is 14.2. The number of anilines is 1. The number of nitrogens with zero attached hydrogens (tertiary/aromatic N) is 1. The van der Waals surface area contributed by atoms with E-state index >= 15 is 0 Å². The van der Waals surface area contributed by atoms with Gasteiger partial charge in [-0.1, -0.05) is 13.8 Å². The molecule has 2 nitrogen and oxygen atoms in total. The van der Waals surface area contributed by atoms with Crippen LogP contribution in [0, 0.1) is 17.5 Å². The van der Waals surface area contributed by atoms with Crippen LogP contribution in [0.2, 0.25) is 0 Å². The number of rotatable bonds is 3. The molecule has 19 heavy (non-hydrogen) atoms. The molecule has 0 atom stereocenters. The maximum absolute atomic E-state index is 13.8. The SMILES string of the molecule is CCC1(CC)CN(c2ccc(F)c(F)c2F)CCN1. The molecule has 5 heteroatoms. The zero-order valence-corrected chi connectivity index (χ0v) is 11.3. The molecule has 106 valence electrons. The zero-order valence-electron chi connectivity index (χ0n) is 11.3. The van der Waals surface area contributed by atoms with Gasteiger partial charge in [0.2, 0.25) is 0 Å². The first-order valence-corrected chi connectivity index (χ1v) is 6.66. The van der Waals surface area contributed by atoms with E-state index in [1.54, 1.807) is 4.90 Å². The Labute approximate surface area is 111 Å². The van der Waals surface area contributed by atoms with Gasteiger partial charge < -0.3 is 10.2 Å². The van der Waals surface area contributed by atoms with Crippen LogP contribution in [0.1, 0.15) is 26.7 Å². The summed E-state index contributed by atoms with van der Waals surface area (Å²) in [6.45, 7) is 6.04. The normalized spacial score (nSPS) is 18.7. The number of hydrogen-bond acceptors (Lipinski definition) is 2. The van der Waals surface area contributed by atoms with Gasteiger partial charge in [-0.05, 0) is 25.0 Å². The molecule has 1 saturated heterocycles. The Balaban J connectivity index is 2.30. The molecule has 1 heterocycles. The van der Waals surface area contributed by atoms with Crippen LogP contribution in [0.5, 0.6) is 0 Å². The fraction of sp³-hybridized carbons (Fsp3) is 0.571. The van der Waals surface area contributed by atoms with Crippen molar-refractivity contribution in [3.8, 4) is 0 Å². The molecule has 0 unspecified atom stereocenters. The van der Waals surface area contributed by atoms with Gasteiger partial charge in [0.15, 0.2) is 17.5 Å². The predicted molar refractivity (Wildman–Crippen MR) is 69.8 cm³/mol. The molecule has 0 aromatic heterocycles. The Morgan fingerprint density at radius 3 is 2.47 bits per heavy atom. The van der Waals surface area contributed by atoms with Crippen LogP contribution in [-0.4, -0.2) is 25.2 Å². The van der Waals surface area contributed by atoms with Crippen LogP contribution < -0.4 is 10.2 Å². The fourth-order valence-corrected chi connectivity index (χ4v) is 2.65. The molecule has 1 aliphatic heterocycles. The summed E-state index contributed by atoms with van der Waals surface area (Å²) in [6.07, 6.45) is 1.82. The van der Waals surface area contributed by atoms with E-state index in [0.717, 1.165) is 18.9 Å². The summed E-state index contributed by atoms with van der Waals surface area (Å²) in [4.78, 5) is 1.79. The quantitative estimate of drug-likeness (QED) is 0.851. The van der Waals surface area contributed by atoms with Gasteiger partial charge in [-0.2, -0.15) is 0 Å². The standard InChI is InChI=1S/C14H19F3N2/c1-3-14(4-2)9-19(8-7-18-14)11-6-5-10(15)12(16)13(11)17/h5-6,18H,3-4,7-9H2,1-2H3.